The van der Waals surface area contributed by atoms with Crippen molar-refractivity contribution in [2.24, 2.45) is 4.99 Å². The Labute approximate surface area is 124 Å². The van der Waals surface area contributed by atoms with E-state index in [9.17, 15) is 9.82 Å². The van der Waals surface area contributed by atoms with E-state index < -0.39 is 7.12 Å². The van der Waals surface area contributed by atoms with Crippen LogP contribution >= 0.6 is 0 Å². The van der Waals surface area contributed by atoms with Crippen molar-refractivity contribution in [3.8, 4) is 0 Å². The molecule has 0 bridgehead atoms. The first-order valence-electron chi connectivity index (χ1n) is 6.70. The van der Waals surface area contributed by atoms with Crippen LogP contribution < -0.4 is 10.8 Å². The van der Waals surface area contributed by atoms with Crippen LogP contribution in [-0.4, -0.2) is 30.9 Å². The zero-order valence-corrected chi connectivity index (χ0v) is 11.9. The molecule has 2 N–H and O–H groups in total. The number of hydrogen-bond acceptors (Lipinski definition) is 4. The molecular formula is C15H17BN2O3. The van der Waals surface area contributed by atoms with Crippen LogP contribution in [0.1, 0.15) is 12.5 Å². The number of fused-ring (bicyclic) bond motifs is 1. The molecule has 0 saturated carbocycles. The summed E-state index contributed by atoms with van der Waals surface area (Å²) in [4.78, 5) is 16.0. The topological polar surface area (TPSA) is 70.9 Å². The fraction of sp³-hybridized carbons (Fsp3) is 0.200. The maximum Gasteiger partial charge on any atom is 0.491 e. The van der Waals surface area contributed by atoms with Gasteiger partial charge in [-0.3, -0.25) is 9.79 Å². The van der Waals surface area contributed by atoms with Gasteiger partial charge in [-0.05, 0) is 36.5 Å². The van der Waals surface area contributed by atoms with Crippen molar-refractivity contribution in [2.75, 3.05) is 11.9 Å². The quantitative estimate of drug-likeness (QED) is 0.376. The molecule has 1 heterocycles. The third kappa shape index (κ3) is 3.68. The van der Waals surface area contributed by atoms with Crippen LogP contribution in [0.2, 0.25) is 0 Å². The van der Waals surface area contributed by atoms with E-state index in [-0.39, 0.29) is 5.91 Å². The van der Waals surface area contributed by atoms with E-state index >= 15 is 0 Å². The van der Waals surface area contributed by atoms with Gasteiger partial charge in [-0.1, -0.05) is 18.7 Å². The largest absolute Gasteiger partial charge is 0.491 e. The van der Waals surface area contributed by atoms with Crippen molar-refractivity contribution in [2.45, 2.75) is 13.3 Å². The average molecular weight is 284 g/mol. The molecule has 0 spiro atoms. The minimum atomic E-state index is -0.940. The molecule has 0 saturated heterocycles. The number of nitrogens with zero attached hydrogens (tertiary/aromatic N) is 1. The van der Waals surface area contributed by atoms with Gasteiger partial charge in [0.05, 0.1) is 5.57 Å². The van der Waals surface area contributed by atoms with Gasteiger partial charge < -0.3 is 15.0 Å². The van der Waals surface area contributed by atoms with Gasteiger partial charge in [0, 0.05) is 24.7 Å². The van der Waals surface area contributed by atoms with Crippen LogP contribution in [0.5, 0.6) is 0 Å². The summed E-state index contributed by atoms with van der Waals surface area (Å²) in [6, 6.07) is 5.41. The highest BCUT2D eigenvalue weighted by Gasteiger charge is 2.25. The highest BCUT2D eigenvalue weighted by Crippen LogP contribution is 2.14. The highest BCUT2D eigenvalue weighted by molar-refractivity contribution is 6.61. The van der Waals surface area contributed by atoms with Gasteiger partial charge >= 0.3 is 7.12 Å². The summed E-state index contributed by atoms with van der Waals surface area (Å²) in [5.74, 6) is -0.304. The molecule has 1 aliphatic rings. The van der Waals surface area contributed by atoms with Crippen LogP contribution in [0.15, 0.2) is 47.6 Å². The summed E-state index contributed by atoms with van der Waals surface area (Å²) >= 11 is 0. The first-order valence-corrected chi connectivity index (χ1v) is 6.70. The number of nitrogens with one attached hydrogen (secondary N) is 1. The molecule has 1 aromatic rings. The number of aliphatic imine (C=N–C) groups is 1. The number of hydrogen-bond donors (Lipinski definition) is 2. The number of anilines is 1. The molecule has 0 atom stereocenters. The summed E-state index contributed by atoms with van der Waals surface area (Å²) in [6.07, 6.45) is 5.23. The standard InChI is InChI=1S/C15H17BN2O3/c1-3-11(10-17-4-2)15(19)18-13-6-5-12-7-8-21-16(20)14(12)9-13/h3-6,9-10,20H,1,7-8H2,2H3,(H,18,19). The van der Waals surface area contributed by atoms with Gasteiger partial charge in [0.15, 0.2) is 0 Å². The molecule has 2 rings (SSSR count). The molecule has 1 aromatic carbocycles. The Morgan fingerprint density at radius 1 is 1.57 bits per heavy atom. The number of rotatable bonds is 4. The molecular weight excluding hydrogens is 267 g/mol. The van der Waals surface area contributed by atoms with Gasteiger partial charge in [0.25, 0.3) is 5.91 Å². The van der Waals surface area contributed by atoms with E-state index in [1.54, 1.807) is 25.3 Å². The molecule has 1 amide bonds. The van der Waals surface area contributed by atoms with Gasteiger partial charge in [0.2, 0.25) is 0 Å². The fourth-order valence-electron chi connectivity index (χ4n) is 2.06. The number of benzene rings is 1. The first-order chi connectivity index (χ1) is 10.2. The van der Waals surface area contributed by atoms with Gasteiger partial charge in [0.1, 0.15) is 0 Å². The third-order valence-corrected chi connectivity index (χ3v) is 3.16. The second-order valence-electron chi connectivity index (χ2n) is 4.54. The van der Waals surface area contributed by atoms with E-state index in [2.05, 4.69) is 16.9 Å². The number of carbonyl (C=O) groups excluding carboxylic acids is 1. The lowest BCUT2D eigenvalue weighted by atomic mass is 9.73. The van der Waals surface area contributed by atoms with Crippen molar-refractivity contribution < 1.29 is 14.5 Å². The second kappa shape index (κ2) is 7.01. The lowest BCUT2D eigenvalue weighted by Gasteiger charge is -2.19. The van der Waals surface area contributed by atoms with Crippen molar-refractivity contribution >= 4 is 30.4 Å². The van der Waals surface area contributed by atoms with Gasteiger partial charge in [-0.15, -0.1) is 0 Å². The summed E-state index contributed by atoms with van der Waals surface area (Å²) in [5, 5.41) is 12.6. The Morgan fingerprint density at radius 3 is 3.10 bits per heavy atom. The van der Waals surface area contributed by atoms with Crippen LogP contribution in [0.4, 0.5) is 5.69 Å². The molecule has 21 heavy (non-hydrogen) atoms. The minimum absolute atomic E-state index is 0.304. The third-order valence-electron chi connectivity index (χ3n) is 3.16. The van der Waals surface area contributed by atoms with Gasteiger partial charge in [-0.25, -0.2) is 0 Å². The molecule has 0 fully saturated rings. The van der Waals surface area contributed by atoms with Crippen molar-refractivity contribution in [1.82, 2.24) is 0 Å². The molecule has 0 aromatic heterocycles. The second-order valence-corrected chi connectivity index (χ2v) is 4.54. The Morgan fingerprint density at radius 2 is 2.38 bits per heavy atom. The molecule has 108 valence electrons. The molecule has 0 unspecified atom stereocenters. The number of amides is 1. The molecule has 0 radical (unpaired) electrons. The predicted molar refractivity (Wildman–Crippen MR) is 84.8 cm³/mol. The van der Waals surface area contributed by atoms with Crippen LogP contribution in [-0.2, 0) is 15.9 Å². The zero-order chi connectivity index (χ0) is 15.2. The summed E-state index contributed by atoms with van der Waals surface area (Å²) in [5.41, 5.74) is 2.68. The van der Waals surface area contributed by atoms with E-state index in [1.165, 1.54) is 12.3 Å². The monoisotopic (exact) mass is 284 g/mol. The summed E-state index contributed by atoms with van der Waals surface area (Å²) in [7, 11) is -0.940. The maximum absolute atomic E-state index is 12.1. The normalized spacial score (nSPS) is 15.0. The summed E-state index contributed by atoms with van der Waals surface area (Å²) < 4.78 is 5.18. The molecule has 6 heteroatoms. The SMILES string of the molecule is C=CC(=CN=CC)C(=O)Nc1ccc2c(c1)B(O)OCC2. The first kappa shape index (κ1) is 15.2. The van der Waals surface area contributed by atoms with Crippen LogP contribution in [0, 0.1) is 0 Å². The predicted octanol–water partition coefficient (Wildman–Crippen LogP) is 1.05. The smallest absolute Gasteiger partial charge is 0.423 e. The lowest BCUT2D eigenvalue weighted by molar-refractivity contribution is -0.112. The Bertz CT molecular complexity index is 611. The molecule has 5 nitrogen and oxygen atoms in total. The van der Waals surface area contributed by atoms with Crippen molar-refractivity contribution in [3.63, 3.8) is 0 Å². The highest BCUT2D eigenvalue weighted by atomic mass is 16.5. The van der Waals surface area contributed by atoms with Crippen molar-refractivity contribution in [3.05, 3.63) is 48.2 Å². The minimum Gasteiger partial charge on any atom is -0.423 e. The average Bonchev–Trinajstić information content (AvgIpc) is 2.49. The van der Waals surface area contributed by atoms with E-state index in [0.29, 0.717) is 23.3 Å². The summed E-state index contributed by atoms with van der Waals surface area (Å²) in [6.45, 7) is 5.86. The molecule has 0 aliphatic carbocycles. The lowest BCUT2D eigenvalue weighted by Crippen LogP contribution is -2.41. The van der Waals surface area contributed by atoms with Crippen molar-refractivity contribution in [1.29, 1.82) is 0 Å². The van der Waals surface area contributed by atoms with Crippen LogP contribution in [0.3, 0.4) is 0 Å². The fourth-order valence-corrected chi connectivity index (χ4v) is 2.06. The van der Waals surface area contributed by atoms with Gasteiger partial charge in [-0.2, -0.15) is 0 Å². The Hall–Kier alpha value is -2.18. The zero-order valence-electron chi connectivity index (χ0n) is 11.9. The van der Waals surface area contributed by atoms with E-state index in [4.69, 9.17) is 4.65 Å². The maximum atomic E-state index is 12.1. The molecule has 1 aliphatic heterocycles. The Balaban J connectivity index is 2.18. The van der Waals surface area contributed by atoms with Crippen LogP contribution in [0.25, 0.3) is 0 Å². The Kier molecular flexibility index (Phi) is 5.08. The van der Waals surface area contributed by atoms with E-state index in [0.717, 1.165) is 12.0 Å². The number of carbonyl (C=O) groups is 1. The van der Waals surface area contributed by atoms with E-state index in [1.807, 2.05) is 6.07 Å².